The molecule has 1 fully saturated rings. The minimum Gasteiger partial charge on any atom is -0.376 e. The van der Waals surface area contributed by atoms with Crippen LogP contribution in [0.25, 0.3) is 0 Å². The van der Waals surface area contributed by atoms with Crippen molar-refractivity contribution in [2.24, 2.45) is 0 Å². The average Bonchev–Trinajstić information content (AvgIpc) is 2.73. The lowest BCUT2D eigenvalue weighted by atomic mass is 9.95. The van der Waals surface area contributed by atoms with Crippen molar-refractivity contribution >= 4 is 23.2 Å². The summed E-state index contributed by atoms with van der Waals surface area (Å²) in [6.45, 7) is -0.189. The molecule has 0 saturated heterocycles. The van der Waals surface area contributed by atoms with Gasteiger partial charge in [0.2, 0.25) is 5.91 Å². The van der Waals surface area contributed by atoms with Gasteiger partial charge in [-0.2, -0.15) is 13.2 Å². The SMILES string of the molecule is O=C(CNc1cccc(C(F)(F)F)c1)Nc1ccc(C(=O)NC2CCCCC2)cc1. The normalized spacial score (nSPS) is 14.8. The minimum absolute atomic E-state index is 0.133. The Morgan fingerprint density at radius 3 is 2.30 bits per heavy atom. The van der Waals surface area contributed by atoms with Crippen LogP contribution >= 0.6 is 0 Å². The third kappa shape index (κ3) is 6.23. The predicted molar refractivity (Wildman–Crippen MR) is 109 cm³/mol. The number of rotatable bonds is 6. The van der Waals surface area contributed by atoms with E-state index in [9.17, 15) is 22.8 Å². The molecule has 0 aromatic heterocycles. The summed E-state index contributed by atoms with van der Waals surface area (Å²) in [6.07, 6.45) is 1.03. The summed E-state index contributed by atoms with van der Waals surface area (Å²) >= 11 is 0. The van der Waals surface area contributed by atoms with Crippen LogP contribution < -0.4 is 16.0 Å². The number of hydrogen-bond acceptors (Lipinski definition) is 3. The summed E-state index contributed by atoms with van der Waals surface area (Å²) in [5.41, 5.74) is 0.436. The number of anilines is 2. The van der Waals surface area contributed by atoms with E-state index in [2.05, 4.69) is 16.0 Å². The predicted octanol–water partition coefficient (Wildman–Crippen LogP) is 4.82. The monoisotopic (exact) mass is 419 g/mol. The van der Waals surface area contributed by atoms with Gasteiger partial charge in [-0.1, -0.05) is 25.3 Å². The number of halogens is 3. The molecule has 2 amide bonds. The van der Waals surface area contributed by atoms with Crippen LogP contribution in [0.1, 0.15) is 48.0 Å². The molecule has 0 heterocycles. The van der Waals surface area contributed by atoms with Gasteiger partial charge in [-0.05, 0) is 55.3 Å². The molecule has 0 bridgehead atoms. The van der Waals surface area contributed by atoms with Gasteiger partial charge in [0.05, 0.1) is 12.1 Å². The van der Waals surface area contributed by atoms with Crippen LogP contribution in [0.5, 0.6) is 0 Å². The molecule has 0 aliphatic heterocycles. The molecule has 8 heteroatoms. The van der Waals surface area contributed by atoms with E-state index >= 15 is 0 Å². The number of alkyl halides is 3. The van der Waals surface area contributed by atoms with Gasteiger partial charge in [0, 0.05) is 23.0 Å². The van der Waals surface area contributed by atoms with Gasteiger partial charge in [-0.3, -0.25) is 9.59 Å². The van der Waals surface area contributed by atoms with Gasteiger partial charge in [0.25, 0.3) is 5.91 Å². The molecule has 1 aliphatic rings. The lowest BCUT2D eigenvalue weighted by Gasteiger charge is -2.22. The Bertz CT molecular complexity index is 876. The van der Waals surface area contributed by atoms with Gasteiger partial charge < -0.3 is 16.0 Å². The standard InChI is InChI=1S/C22H24F3N3O2/c23-22(24,25)16-5-4-8-19(13-16)26-14-20(29)27-18-11-9-15(10-12-18)21(30)28-17-6-2-1-3-7-17/h4-5,8-13,17,26H,1-3,6-7,14H2,(H,27,29)(H,28,30). The van der Waals surface area contributed by atoms with Crippen molar-refractivity contribution in [3.63, 3.8) is 0 Å². The fraction of sp³-hybridized carbons (Fsp3) is 0.364. The highest BCUT2D eigenvalue weighted by molar-refractivity contribution is 5.96. The van der Waals surface area contributed by atoms with E-state index in [0.717, 1.165) is 37.8 Å². The summed E-state index contributed by atoms with van der Waals surface area (Å²) in [4.78, 5) is 24.4. The van der Waals surface area contributed by atoms with Crippen LogP contribution in [0.4, 0.5) is 24.5 Å². The number of nitrogens with one attached hydrogen (secondary N) is 3. The Morgan fingerprint density at radius 1 is 0.933 bits per heavy atom. The van der Waals surface area contributed by atoms with Gasteiger partial charge in [0.15, 0.2) is 0 Å². The lowest BCUT2D eigenvalue weighted by Crippen LogP contribution is -2.36. The zero-order chi connectivity index (χ0) is 21.6. The van der Waals surface area contributed by atoms with Crippen molar-refractivity contribution in [3.8, 4) is 0 Å². The van der Waals surface area contributed by atoms with Crippen LogP contribution in [0.3, 0.4) is 0 Å². The highest BCUT2D eigenvalue weighted by atomic mass is 19.4. The number of carbonyl (C=O) groups excluding carboxylic acids is 2. The molecule has 5 nitrogen and oxygen atoms in total. The fourth-order valence-corrected chi connectivity index (χ4v) is 3.41. The molecular formula is C22H24F3N3O2. The van der Waals surface area contributed by atoms with E-state index in [-0.39, 0.29) is 24.2 Å². The Labute approximate surface area is 173 Å². The summed E-state index contributed by atoms with van der Waals surface area (Å²) in [5, 5.41) is 8.36. The van der Waals surface area contributed by atoms with E-state index in [4.69, 9.17) is 0 Å². The molecule has 0 radical (unpaired) electrons. The maximum absolute atomic E-state index is 12.7. The molecular weight excluding hydrogens is 395 g/mol. The zero-order valence-corrected chi connectivity index (χ0v) is 16.4. The highest BCUT2D eigenvalue weighted by Crippen LogP contribution is 2.30. The lowest BCUT2D eigenvalue weighted by molar-refractivity contribution is -0.137. The summed E-state index contributed by atoms with van der Waals surface area (Å²) < 4.78 is 38.2. The molecule has 1 saturated carbocycles. The number of amides is 2. The number of benzene rings is 2. The third-order valence-corrected chi connectivity index (χ3v) is 5.01. The van der Waals surface area contributed by atoms with Gasteiger partial charge in [-0.25, -0.2) is 0 Å². The van der Waals surface area contributed by atoms with Crippen molar-refractivity contribution < 1.29 is 22.8 Å². The van der Waals surface area contributed by atoms with Gasteiger partial charge >= 0.3 is 6.18 Å². The Hall–Kier alpha value is -3.03. The molecule has 160 valence electrons. The first-order valence-corrected chi connectivity index (χ1v) is 9.93. The Morgan fingerprint density at radius 2 is 1.63 bits per heavy atom. The summed E-state index contributed by atoms with van der Waals surface area (Å²) in [6, 6.07) is 11.4. The fourth-order valence-electron chi connectivity index (χ4n) is 3.41. The largest absolute Gasteiger partial charge is 0.416 e. The highest BCUT2D eigenvalue weighted by Gasteiger charge is 2.30. The molecule has 0 unspecified atom stereocenters. The van der Waals surface area contributed by atoms with Crippen LogP contribution in [-0.2, 0) is 11.0 Å². The van der Waals surface area contributed by atoms with Crippen LogP contribution in [-0.4, -0.2) is 24.4 Å². The first-order valence-electron chi connectivity index (χ1n) is 9.93. The summed E-state index contributed by atoms with van der Waals surface area (Å²) in [7, 11) is 0. The Kier molecular flexibility index (Phi) is 6.97. The number of carbonyl (C=O) groups is 2. The van der Waals surface area contributed by atoms with E-state index in [0.29, 0.717) is 11.3 Å². The second-order valence-corrected chi connectivity index (χ2v) is 7.37. The van der Waals surface area contributed by atoms with Crippen molar-refractivity contribution in [3.05, 3.63) is 59.7 Å². The topological polar surface area (TPSA) is 70.2 Å². The summed E-state index contributed by atoms with van der Waals surface area (Å²) in [5.74, 6) is -0.544. The Balaban J connectivity index is 1.49. The van der Waals surface area contributed by atoms with Crippen LogP contribution in [0.15, 0.2) is 48.5 Å². The molecule has 0 spiro atoms. The smallest absolute Gasteiger partial charge is 0.376 e. The van der Waals surface area contributed by atoms with Crippen molar-refractivity contribution in [2.75, 3.05) is 17.2 Å². The molecule has 2 aromatic rings. The molecule has 1 aliphatic carbocycles. The van der Waals surface area contributed by atoms with Crippen LogP contribution in [0, 0.1) is 0 Å². The van der Waals surface area contributed by atoms with E-state index in [1.807, 2.05) is 0 Å². The van der Waals surface area contributed by atoms with Gasteiger partial charge in [0.1, 0.15) is 0 Å². The second kappa shape index (κ2) is 9.65. The van der Waals surface area contributed by atoms with Crippen molar-refractivity contribution in [1.29, 1.82) is 0 Å². The molecule has 3 rings (SSSR count). The maximum atomic E-state index is 12.7. The zero-order valence-electron chi connectivity index (χ0n) is 16.4. The first-order chi connectivity index (χ1) is 14.3. The second-order valence-electron chi connectivity index (χ2n) is 7.37. The van der Waals surface area contributed by atoms with E-state index in [1.165, 1.54) is 18.6 Å². The van der Waals surface area contributed by atoms with Crippen molar-refractivity contribution in [1.82, 2.24) is 5.32 Å². The minimum atomic E-state index is -4.44. The van der Waals surface area contributed by atoms with Crippen LogP contribution in [0.2, 0.25) is 0 Å². The van der Waals surface area contributed by atoms with Gasteiger partial charge in [-0.15, -0.1) is 0 Å². The average molecular weight is 419 g/mol. The molecule has 3 N–H and O–H groups in total. The molecule has 0 atom stereocenters. The molecule has 2 aromatic carbocycles. The quantitative estimate of drug-likeness (QED) is 0.629. The molecule has 30 heavy (non-hydrogen) atoms. The van der Waals surface area contributed by atoms with E-state index < -0.39 is 17.6 Å². The maximum Gasteiger partial charge on any atom is 0.416 e. The number of hydrogen-bond donors (Lipinski definition) is 3. The third-order valence-electron chi connectivity index (χ3n) is 5.01. The van der Waals surface area contributed by atoms with E-state index in [1.54, 1.807) is 24.3 Å². The van der Waals surface area contributed by atoms with Crippen molar-refractivity contribution in [2.45, 2.75) is 44.3 Å². The first kappa shape index (κ1) is 21.7.